The molecule has 1 unspecified atom stereocenters. The Morgan fingerprint density at radius 2 is 1.19 bits per heavy atom. The molecule has 0 saturated carbocycles. The SMILES string of the molecule is Cc1cc(C)c(-n2n(C(C)(C)C)p2P(=O)(C(C)(C)C)C(C)(C)C)c(C)c1. The maximum absolute atomic E-state index is 14.7. The van der Waals surface area contributed by atoms with Crippen LogP contribution in [-0.2, 0) is 10.1 Å². The van der Waals surface area contributed by atoms with Crippen LogP contribution in [0.15, 0.2) is 12.1 Å². The maximum atomic E-state index is 14.7. The molecule has 5 heteroatoms. The maximum Gasteiger partial charge on any atom is 0.173 e. The lowest BCUT2D eigenvalue weighted by molar-refractivity contribution is 0.399. The molecule has 1 aromatic heterocycles. The zero-order valence-electron chi connectivity index (χ0n) is 18.9. The van der Waals surface area contributed by atoms with E-state index in [0.29, 0.717) is 0 Å². The third-order valence-corrected chi connectivity index (χ3v) is 16.9. The quantitative estimate of drug-likeness (QED) is 0.478. The van der Waals surface area contributed by atoms with Crippen LogP contribution < -0.4 is 0 Å². The molecule has 0 saturated heterocycles. The molecule has 148 valence electrons. The number of aromatic nitrogens is 2. The fourth-order valence-electron chi connectivity index (χ4n) is 4.13. The molecule has 0 spiro atoms. The molecule has 1 aromatic carbocycles. The largest absolute Gasteiger partial charge is 0.310 e. The van der Waals surface area contributed by atoms with E-state index < -0.39 is 14.4 Å². The van der Waals surface area contributed by atoms with Crippen LogP contribution in [-0.4, -0.2) is 19.2 Å². The van der Waals surface area contributed by atoms with Gasteiger partial charge in [0.15, 0.2) is 6.83 Å². The second kappa shape index (κ2) is 6.18. The van der Waals surface area contributed by atoms with Gasteiger partial charge in [-0.1, -0.05) is 59.2 Å². The van der Waals surface area contributed by atoms with Crippen LogP contribution in [0.25, 0.3) is 5.69 Å². The Labute approximate surface area is 161 Å². The van der Waals surface area contributed by atoms with Crippen LogP contribution in [0.2, 0.25) is 0 Å². The lowest BCUT2D eigenvalue weighted by atomic mass is 10.1. The molecule has 0 bridgehead atoms. The van der Waals surface area contributed by atoms with E-state index in [1.807, 2.05) is 0 Å². The van der Waals surface area contributed by atoms with Crippen LogP contribution in [0.3, 0.4) is 0 Å². The zero-order chi connectivity index (χ0) is 20.5. The first kappa shape index (κ1) is 21.6. The van der Waals surface area contributed by atoms with Gasteiger partial charge in [0, 0.05) is 10.3 Å². The van der Waals surface area contributed by atoms with Crippen LogP contribution in [0.5, 0.6) is 0 Å². The molecule has 0 aliphatic rings. The predicted octanol–water partition coefficient (Wildman–Crippen LogP) is 7.67. The van der Waals surface area contributed by atoms with Crippen molar-refractivity contribution in [2.75, 3.05) is 0 Å². The predicted molar refractivity (Wildman–Crippen MR) is 118 cm³/mol. The Hall–Kier alpha value is -0.650. The van der Waals surface area contributed by atoms with Gasteiger partial charge in [-0.3, -0.25) is 0 Å². The number of nitrogens with zero attached hydrogens (tertiary/aromatic N) is 2. The van der Waals surface area contributed by atoms with Gasteiger partial charge in [0.05, 0.1) is 11.2 Å². The average Bonchev–Trinajstić information content (AvgIpc) is 3.08. The molecular weight excluding hydrogens is 358 g/mol. The molecule has 0 aliphatic heterocycles. The minimum absolute atomic E-state index is 0.0539. The minimum Gasteiger partial charge on any atom is -0.310 e. The Morgan fingerprint density at radius 1 is 0.808 bits per heavy atom. The normalized spacial score (nSPS) is 15.0. The monoisotopic (exact) mass is 396 g/mol. The van der Waals surface area contributed by atoms with Crippen LogP contribution in [0.4, 0.5) is 0 Å². The van der Waals surface area contributed by atoms with E-state index in [4.69, 9.17) is 0 Å². The van der Waals surface area contributed by atoms with Crippen molar-refractivity contribution < 1.29 is 4.57 Å². The molecule has 0 N–H and O–H groups in total. The van der Waals surface area contributed by atoms with E-state index in [-0.39, 0.29) is 15.9 Å². The molecule has 26 heavy (non-hydrogen) atoms. The molecule has 1 atom stereocenters. The zero-order valence-corrected chi connectivity index (χ0v) is 20.6. The van der Waals surface area contributed by atoms with Gasteiger partial charge in [0.25, 0.3) is 0 Å². The van der Waals surface area contributed by atoms with E-state index in [2.05, 4.69) is 104 Å². The first-order valence-electron chi connectivity index (χ1n) is 9.53. The second-order valence-corrected chi connectivity index (χ2v) is 18.6. The summed E-state index contributed by atoms with van der Waals surface area (Å²) in [5.41, 5.74) is 5.03. The molecule has 0 radical (unpaired) electrons. The van der Waals surface area contributed by atoms with Crippen molar-refractivity contribution in [3.8, 4) is 5.69 Å². The Balaban J connectivity index is 2.89. The summed E-state index contributed by atoms with van der Waals surface area (Å²) in [4.78, 5) is 0. The van der Waals surface area contributed by atoms with Gasteiger partial charge in [-0.2, -0.15) is 0 Å². The van der Waals surface area contributed by atoms with E-state index in [0.717, 1.165) is 0 Å². The van der Waals surface area contributed by atoms with E-state index >= 15 is 0 Å². The van der Waals surface area contributed by atoms with Crippen molar-refractivity contribution in [1.82, 2.24) is 8.89 Å². The standard InChI is InChI=1S/C21H38N2OP2/c1-15-13-16(2)18(17(3)14-15)22-23(19(4,5)6)25(22)26(24,20(7,8)9)21(10,11)12/h13-14H,1-12H3. The molecular formula is C21H38N2OP2. The van der Waals surface area contributed by atoms with Gasteiger partial charge in [0.1, 0.15) is 7.54 Å². The second-order valence-electron chi connectivity index (χ2n) is 10.7. The van der Waals surface area contributed by atoms with Gasteiger partial charge >= 0.3 is 0 Å². The lowest BCUT2D eigenvalue weighted by Gasteiger charge is -2.38. The summed E-state index contributed by atoms with van der Waals surface area (Å²) in [6.07, 6.45) is 0. The van der Waals surface area contributed by atoms with Crippen molar-refractivity contribution in [3.63, 3.8) is 0 Å². The van der Waals surface area contributed by atoms with E-state index in [9.17, 15) is 4.57 Å². The summed E-state index contributed by atoms with van der Waals surface area (Å²) in [5, 5.41) is -0.469. The molecule has 0 amide bonds. The summed E-state index contributed by atoms with van der Waals surface area (Å²) in [5.74, 6) is 0. The highest BCUT2D eigenvalue weighted by Gasteiger charge is 2.55. The third-order valence-electron chi connectivity index (χ3n) is 4.99. The third kappa shape index (κ3) is 3.31. The van der Waals surface area contributed by atoms with Crippen molar-refractivity contribution in [1.29, 1.82) is 0 Å². The number of aryl methyl sites for hydroxylation is 3. The molecule has 2 rings (SSSR count). The Morgan fingerprint density at radius 3 is 1.50 bits per heavy atom. The lowest BCUT2D eigenvalue weighted by Crippen LogP contribution is -2.26. The Bertz CT molecular complexity index is 817. The fourth-order valence-corrected chi connectivity index (χ4v) is 15.7. The average molecular weight is 396 g/mol. The summed E-state index contributed by atoms with van der Waals surface area (Å²) in [6, 6.07) is 4.49. The highest BCUT2D eigenvalue weighted by atomic mass is 32.1. The summed E-state index contributed by atoms with van der Waals surface area (Å²) >= 11 is 0. The summed E-state index contributed by atoms with van der Waals surface area (Å²) < 4.78 is 19.5. The van der Waals surface area contributed by atoms with Crippen LogP contribution in [0.1, 0.15) is 79.0 Å². The van der Waals surface area contributed by atoms with Crippen LogP contribution >= 0.6 is 14.4 Å². The van der Waals surface area contributed by atoms with Crippen molar-refractivity contribution >= 4 is 14.4 Å². The highest BCUT2D eigenvalue weighted by molar-refractivity contribution is 8.29. The number of rotatable bonds is 2. The number of benzene rings is 1. The topological polar surface area (TPSA) is 26.9 Å². The van der Waals surface area contributed by atoms with E-state index in [1.165, 1.54) is 22.4 Å². The fraction of sp³-hybridized carbons (Fsp3) is 0.714. The molecule has 0 aliphatic carbocycles. The highest BCUT2D eigenvalue weighted by Crippen LogP contribution is 2.86. The van der Waals surface area contributed by atoms with Gasteiger partial charge in [-0.05, 0) is 52.7 Å². The van der Waals surface area contributed by atoms with Crippen molar-refractivity contribution in [2.24, 2.45) is 0 Å². The number of hydrogen-bond donors (Lipinski definition) is 0. The van der Waals surface area contributed by atoms with Gasteiger partial charge in [-0.15, -0.1) is 0 Å². The smallest absolute Gasteiger partial charge is 0.173 e. The molecule has 0 fully saturated rings. The number of hydrogen-bond acceptors (Lipinski definition) is 1. The van der Waals surface area contributed by atoms with Crippen LogP contribution in [0, 0.1) is 20.8 Å². The summed E-state index contributed by atoms with van der Waals surface area (Å²) in [6.45, 7) is 23.6. The Kier molecular flexibility index (Phi) is 5.15. The van der Waals surface area contributed by atoms with Gasteiger partial charge in [-0.25, -0.2) is 8.89 Å². The molecule has 2 aromatic rings. The summed E-state index contributed by atoms with van der Waals surface area (Å²) in [7, 11) is -0.883. The van der Waals surface area contributed by atoms with Gasteiger partial charge < -0.3 is 4.57 Å². The van der Waals surface area contributed by atoms with Crippen molar-refractivity contribution in [2.45, 2.75) is 98.9 Å². The first-order valence-corrected chi connectivity index (χ1v) is 13.2. The van der Waals surface area contributed by atoms with Gasteiger partial charge in [0.2, 0.25) is 0 Å². The molecule has 1 heterocycles. The van der Waals surface area contributed by atoms with E-state index in [1.54, 1.807) is 0 Å². The first-order chi connectivity index (χ1) is 11.4. The van der Waals surface area contributed by atoms with Crippen molar-refractivity contribution in [3.05, 3.63) is 28.8 Å². The molecule has 3 nitrogen and oxygen atoms in total. The minimum atomic E-state index is -2.56.